The van der Waals surface area contributed by atoms with Crippen LogP contribution in [0.25, 0.3) is 0 Å². The van der Waals surface area contributed by atoms with Gasteiger partial charge in [0.15, 0.2) is 5.96 Å². The minimum absolute atomic E-state index is 0. The summed E-state index contributed by atoms with van der Waals surface area (Å²) >= 11 is 0. The zero-order valence-corrected chi connectivity index (χ0v) is 20.7. The van der Waals surface area contributed by atoms with Crippen molar-refractivity contribution < 1.29 is 23.7 Å². The molecule has 1 atom stereocenters. The summed E-state index contributed by atoms with van der Waals surface area (Å²) in [6.45, 7) is 6.71. The molecule has 0 saturated carbocycles. The van der Waals surface area contributed by atoms with Gasteiger partial charge < -0.3 is 34.4 Å². The summed E-state index contributed by atoms with van der Waals surface area (Å²) in [5.74, 6) is 3.69. The molecule has 0 radical (unpaired) electrons. The van der Waals surface area contributed by atoms with Gasteiger partial charge in [-0.25, -0.2) is 4.99 Å². The predicted molar refractivity (Wildman–Crippen MR) is 127 cm³/mol. The van der Waals surface area contributed by atoms with Crippen molar-refractivity contribution in [2.24, 2.45) is 4.99 Å². The van der Waals surface area contributed by atoms with E-state index in [0.717, 1.165) is 11.3 Å². The van der Waals surface area contributed by atoms with E-state index in [4.69, 9.17) is 18.6 Å². The van der Waals surface area contributed by atoms with Crippen LogP contribution in [-0.2, 0) is 12.1 Å². The fraction of sp³-hybridized carbons (Fsp3) is 0.476. The Balaban J connectivity index is 0.00000450. The molecule has 2 aromatic rings. The Morgan fingerprint density at radius 2 is 1.73 bits per heavy atom. The summed E-state index contributed by atoms with van der Waals surface area (Å²) in [5, 5.41) is 17.1. The fourth-order valence-corrected chi connectivity index (χ4v) is 2.80. The first kappa shape index (κ1) is 25.9. The van der Waals surface area contributed by atoms with E-state index in [2.05, 4.69) is 15.6 Å². The number of nitrogens with one attached hydrogen (secondary N) is 2. The molecule has 0 bridgehead atoms. The molecular weight excluding hydrogens is 501 g/mol. The fourth-order valence-electron chi connectivity index (χ4n) is 2.80. The Bertz CT molecular complexity index is 811. The number of aliphatic hydroxyl groups is 1. The summed E-state index contributed by atoms with van der Waals surface area (Å²) in [7, 11) is 4.77. The number of ether oxygens (including phenoxy) is 3. The lowest BCUT2D eigenvalue weighted by Gasteiger charge is -2.23. The number of aliphatic imine (C=N–C) groups is 1. The van der Waals surface area contributed by atoms with Crippen molar-refractivity contribution in [2.75, 3.05) is 34.4 Å². The van der Waals surface area contributed by atoms with Gasteiger partial charge in [-0.2, -0.15) is 0 Å². The lowest BCUT2D eigenvalue weighted by atomic mass is 10.0. The van der Waals surface area contributed by atoms with Gasteiger partial charge in [0.1, 0.15) is 34.4 Å². The second-order valence-corrected chi connectivity index (χ2v) is 6.74. The predicted octanol–water partition coefficient (Wildman–Crippen LogP) is 3.19. The lowest BCUT2D eigenvalue weighted by molar-refractivity contribution is 0.0378. The Labute approximate surface area is 195 Å². The summed E-state index contributed by atoms with van der Waals surface area (Å²) in [6, 6.07) is 7.18. The SMILES string of the molecule is CCNC(=NCc1c(OC)cc(OC)cc1OC)NCC(C)(O)c1ccc(C)o1.I. The Morgan fingerprint density at radius 1 is 1.10 bits per heavy atom. The monoisotopic (exact) mass is 533 g/mol. The van der Waals surface area contributed by atoms with Gasteiger partial charge in [0.05, 0.1) is 40.0 Å². The molecule has 1 heterocycles. The van der Waals surface area contributed by atoms with Crippen molar-refractivity contribution in [1.29, 1.82) is 0 Å². The number of furan rings is 1. The molecule has 0 spiro atoms. The van der Waals surface area contributed by atoms with Crippen LogP contribution in [0.3, 0.4) is 0 Å². The van der Waals surface area contributed by atoms with E-state index in [1.807, 2.05) is 19.9 Å². The third kappa shape index (κ3) is 6.69. The second kappa shape index (κ2) is 11.9. The van der Waals surface area contributed by atoms with Gasteiger partial charge in [-0.3, -0.25) is 0 Å². The molecule has 8 nitrogen and oxygen atoms in total. The molecule has 9 heteroatoms. The zero-order valence-electron chi connectivity index (χ0n) is 18.4. The van der Waals surface area contributed by atoms with Crippen LogP contribution >= 0.6 is 24.0 Å². The first-order chi connectivity index (χ1) is 13.8. The van der Waals surface area contributed by atoms with E-state index >= 15 is 0 Å². The van der Waals surface area contributed by atoms with Crippen LogP contribution in [0.1, 0.15) is 30.9 Å². The van der Waals surface area contributed by atoms with Crippen LogP contribution in [0.5, 0.6) is 17.2 Å². The zero-order chi connectivity index (χ0) is 21.4. The van der Waals surface area contributed by atoms with E-state index in [0.29, 0.717) is 42.1 Å². The molecule has 1 aromatic carbocycles. The largest absolute Gasteiger partial charge is 0.496 e. The first-order valence-corrected chi connectivity index (χ1v) is 9.45. The van der Waals surface area contributed by atoms with Gasteiger partial charge in [0.25, 0.3) is 0 Å². The first-order valence-electron chi connectivity index (χ1n) is 9.45. The third-order valence-electron chi connectivity index (χ3n) is 4.43. The van der Waals surface area contributed by atoms with Crippen molar-refractivity contribution in [3.05, 3.63) is 41.3 Å². The topological polar surface area (TPSA) is 97.5 Å². The molecule has 168 valence electrons. The summed E-state index contributed by atoms with van der Waals surface area (Å²) in [4.78, 5) is 4.61. The summed E-state index contributed by atoms with van der Waals surface area (Å²) < 4.78 is 21.8. The number of hydrogen-bond donors (Lipinski definition) is 3. The highest BCUT2D eigenvalue weighted by Crippen LogP contribution is 2.34. The standard InChI is InChI=1S/C21H31N3O5.HI/c1-7-22-20(24-13-21(3,25)19-9-8-14(2)29-19)23-12-16-17(27-5)10-15(26-4)11-18(16)28-6;/h8-11,25H,7,12-13H2,1-6H3,(H2,22,23,24);1H. The molecule has 2 rings (SSSR count). The lowest BCUT2D eigenvalue weighted by Crippen LogP contribution is -2.44. The Morgan fingerprint density at radius 3 is 2.20 bits per heavy atom. The molecule has 0 aliphatic rings. The van der Waals surface area contributed by atoms with Gasteiger partial charge in [0, 0.05) is 18.7 Å². The quantitative estimate of drug-likeness (QED) is 0.259. The average molecular weight is 533 g/mol. The number of benzene rings is 1. The number of methoxy groups -OCH3 is 3. The maximum Gasteiger partial charge on any atom is 0.191 e. The highest BCUT2D eigenvalue weighted by Gasteiger charge is 2.27. The van der Waals surface area contributed by atoms with Crippen LogP contribution < -0.4 is 24.8 Å². The molecular formula is C21H32IN3O5. The number of hydrogen-bond acceptors (Lipinski definition) is 6. The van der Waals surface area contributed by atoms with Gasteiger partial charge in [-0.05, 0) is 32.9 Å². The summed E-state index contributed by atoms with van der Waals surface area (Å²) in [6.07, 6.45) is 0. The van der Waals surface area contributed by atoms with E-state index in [-0.39, 0.29) is 30.5 Å². The van der Waals surface area contributed by atoms with Crippen LogP contribution in [0.15, 0.2) is 33.7 Å². The number of nitrogens with zero attached hydrogens (tertiary/aromatic N) is 1. The molecule has 1 unspecified atom stereocenters. The van der Waals surface area contributed by atoms with Crippen molar-refractivity contribution >= 4 is 29.9 Å². The van der Waals surface area contributed by atoms with Crippen molar-refractivity contribution in [2.45, 2.75) is 32.9 Å². The van der Waals surface area contributed by atoms with Crippen molar-refractivity contribution in [1.82, 2.24) is 10.6 Å². The van der Waals surface area contributed by atoms with Crippen LogP contribution in [0.4, 0.5) is 0 Å². The van der Waals surface area contributed by atoms with E-state index < -0.39 is 5.60 Å². The Hall–Kier alpha value is -2.14. The molecule has 1 aromatic heterocycles. The smallest absolute Gasteiger partial charge is 0.191 e. The Kier molecular flexibility index (Phi) is 10.3. The molecule has 30 heavy (non-hydrogen) atoms. The highest BCUT2D eigenvalue weighted by molar-refractivity contribution is 14.0. The maximum absolute atomic E-state index is 10.7. The third-order valence-corrected chi connectivity index (χ3v) is 4.43. The molecule has 0 aliphatic carbocycles. The number of rotatable bonds is 9. The molecule has 3 N–H and O–H groups in total. The average Bonchev–Trinajstić information content (AvgIpc) is 3.16. The van der Waals surface area contributed by atoms with E-state index in [1.165, 1.54) is 0 Å². The number of guanidine groups is 1. The normalized spacial score (nSPS) is 13.1. The van der Waals surface area contributed by atoms with Gasteiger partial charge in [-0.1, -0.05) is 0 Å². The van der Waals surface area contributed by atoms with Gasteiger partial charge in [0.2, 0.25) is 0 Å². The van der Waals surface area contributed by atoms with Crippen LogP contribution in [-0.4, -0.2) is 45.5 Å². The van der Waals surface area contributed by atoms with E-state index in [1.54, 1.807) is 46.5 Å². The highest BCUT2D eigenvalue weighted by atomic mass is 127. The minimum Gasteiger partial charge on any atom is -0.496 e. The molecule has 0 fully saturated rings. The van der Waals surface area contributed by atoms with Crippen LogP contribution in [0, 0.1) is 6.92 Å². The van der Waals surface area contributed by atoms with Gasteiger partial charge >= 0.3 is 0 Å². The molecule has 0 amide bonds. The maximum atomic E-state index is 10.7. The van der Waals surface area contributed by atoms with E-state index in [9.17, 15) is 5.11 Å². The number of halogens is 1. The van der Waals surface area contributed by atoms with Crippen molar-refractivity contribution in [3.8, 4) is 17.2 Å². The second-order valence-electron chi connectivity index (χ2n) is 6.74. The minimum atomic E-state index is -1.18. The summed E-state index contributed by atoms with van der Waals surface area (Å²) in [5.41, 5.74) is -0.388. The van der Waals surface area contributed by atoms with Crippen LogP contribution in [0.2, 0.25) is 0 Å². The number of aryl methyl sites for hydroxylation is 1. The molecule has 0 saturated heterocycles. The van der Waals surface area contributed by atoms with Gasteiger partial charge in [-0.15, -0.1) is 24.0 Å². The molecule has 0 aliphatic heterocycles. The van der Waals surface area contributed by atoms with Crippen molar-refractivity contribution in [3.63, 3.8) is 0 Å².